The average Bonchev–Trinajstić information content (AvgIpc) is 3.28. The maximum Gasteiger partial charge on any atom is 0.273 e. The Kier molecular flexibility index (Phi) is 4.39. The minimum absolute atomic E-state index is 0.104. The number of hydrogen-bond donors (Lipinski definition) is 0. The molecular formula is C19H20N6O2. The van der Waals surface area contributed by atoms with Crippen LogP contribution in [-0.4, -0.2) is 42.4 Å². The van der Waals surface area contributed by atoms with Crippen molar-refractivity contribution in [3.05, 3.63) is 53.3 Å². The molecule has 1 aliphatic heterocycles. The Bertz CT molecular complexity index is 980. The Morgan fingerprint density at radius 2 is 2.07 bits per heavy atom. The zero-order valence-electron chi connectivity index (χ0n) is 15.5. The van der Waals surface area contributed by atoms with Crippen LogP contribution in [0.15, 0.2) is 29.2 Å². The SMILES string of the molecule is Cc1nccc(C(=O)N2CCC[C@@H]2c2cncc(-c3c(C)noc3C)n2)n1. The minimum Gasteiger partial charge on any atom is -0.361 e. The molecule has 3 aromatic heterocycles. The van der Waals surface area contributed by atoms with Gasteiger partial charge < -0.3 is 9.42 Å². The third kappa shape index (κ3) is 3.18. The van der Waals surface area contributed by atoms with E-state index in [-0.39, 0.29) is 11.9 Å². The van der Waals surface area contributed by atoms with Gasteiger partial charge in [-0.05, 0) is 39.7 Å². The second-order valence-electron chi connectivity index (χ2n) is 6.67. The van der Waals surface area contributed by atoms with Crippen molar-refractivity contribution in [2.24, 2.45) is 0 Å². The summed E-state index contributed by atoms with van der Waals surface area (Å²) in [7, 11) is 0. The molecule has 4 heterocycles. The maximum absolute atomic E-state index is 13.0. The molecular weight excluding hydrogens is 344 g/mol. The summed E-state index contributed by atoms with van der Waals surface area (Å²) in [4.78, 5) is 32.2. The Morgan fingerprint density at radius 1 is 1.22 bits per heavy atom. The summed E-state index contributed by atoms with van der Waals surface area (Å²) in [6, 6.07) is 1.53. The van der Waals surface area contributed by atoms with Crippen LogP contribution in [-0.2, 0) is 0 Å². The summed E-state index contributed by atoms with van der Waals surface area (Å²) in [6.45, 7) is 6.18. The number of carbonyl (C=O) groups is 1. The van der Waals surface area contributed by atoms with Crippen LogP contribution < -0.4 is 0 Å². The lowest BCUT2D eigenvalue weighted by molar-refractivity contribution is 0.0726. The number of likely N-dealkylation sites (tertiary alicyclic amines) is 1. The highest BCUT2D eigenvalue weighted by atomic mass is 16.5. The number of aryl methyl sites for hydroxylation is 3. The van der Waals surface area contributed by atoms with E-state index in [1.54, 1.807) is 31.6 Å². The van der Waals surface area contributed by atoms with E-state index in [4.69, 9.17) is 9.51 Å². The molecule has 8 nitrogen and oxygen atoms in total. The first-order valence-corrected chi connectivity index (χ1v) is 8.90. The third-order valence-electron chi connectivity index (χ3n) is 4.79. The molecule has 3 aromatic rings. The fourth-order valence-corrected chi connectivity index (χ4v) is 3.55. The van der Waals surface area contributed by atoms with E-state index in [2.05, 4.69) is 20.1 Å². The molecule has 1 saturated heterocycles. The number of nitrogens with zero attached hydrogens (tertiary/aromatic N) is 6. The predicted molar refractivity (Wildman–Crippen MR) is 96.8 cm³/mol. The van der Waals surface area contributed by atoms with Crippen LogP contribution in [0.25, 0.3) is 11.3 Å². The summed E-state index contributed by atoms with van der Waals surface area (Å²) >= 11 is 0. The molecule has 0 spiro atoms. The number of hydrogen-bond acceptors (Lipinski definition) is 7. The summed E-state index contributed by atoms with van der Waals surface area (Å²) in [5.74, 6) is 1.18. The predicted octanol–water partition coefficient (Wildman–Crippen LogP) is 2.82. The number of rotatable bonds is 3. The molecule has 4 rings (SSSR count). The van der Waals surface area contributed by atoms with Gasteiger partial charge in [0, 0.05) is 12.7 Å². The maximum atomic E-state index is 13.0. The number of aromatic nitrogens is 5. The van der Waals surface area contributed by atoms with Gasteiger partial charge in [-0.25, -0.2) is 15.0 Å². The zero-order valence-corrected chi connectivity index (χ0v) is 15.5. The molecule has 0 bridgehead atoms. The minimum atomic E-state index is -0.124. The fourth-order valence-electron chi connectivity index (χ4n) is 3.55. The summed E-state index contributed by atoms with van der Waals surface area (Å²) < 4.78 is 5.25. The second-order valence-corrected chi connectivity index (χ2v) is 6.67. The van der Waals surface area contributed by atoms with Crippen molar-refractivity contribution in [2.75, 3.05) is 6.54 Å². The standard InChI is InChI=1S/C19H20N6O2/c1-11-18(12(2)27-24-11)16-10-20-9-15(23-16)17-5-4-8-25(17)19(26)14-6-7-21-13(3)22-14/h6-7,9-10,17H,4-5,8H2,1-3H3/t17-/m1/s1. The van der Waals surface area contributed by atoms with Gasteiger partial charge in [0.05, 0.1) is 41.1 Å². The van der Waals surface area contributed by atoms with Crippen molar-refractivity contribution in [1.82, 2.24) is 30.0 Å². The highest BCUT2D eigenvalue weighted by Crippen LogP contribution is 2.33. The molecule has 1 atom stereocenters. The summed E-state index contributed by atoms with van der Waals surface area (Å²) in [5.41, 5.74) is 3.51. The van der Waals surface area contributed by atoms with E-state index in [0.717, 1.165) is 29.8 Å². The van der Waals surface area contributed by atoms with Crippen LogP contribution >= 0.6 is 0 Å². The molecule has 0 aliphatic carbocycles. The Morgan fingerprint density at radius 3 is 2.81 bits per heavy atom. The van der Waals surface area contributed by atoms with E-state index >= 15 is 0 Å². The van der Waals surface area contributed by atoms with Gasteiger partial charge >= 0.3 is 0 Å². The van der Waals surface area contributed by atoms with Crippen molar-refractivity contribution in [3.8, 4) is 11.3 Å². The molecule has 27 heavy (non-hydrogen) atoms. The fraction of sp³-hybridized carbons (Fsp3) is 0.368. The van der Waals surface area contributed by atoms with E-state index < -0.39 is 0 Å². The van der Waals surface area contributed by atoms with Crippen LogP contribution in [0.3, 0.4) is 0 Å². The van der Waals surface area contributed by atoms with Gasteiger partial charge in [0.25, 0.3) is 5.91 Å². The van der Waals surface area contributed by atoms with Gasteiger partial charge in [0.2, 0.25) is 0 Å². The van der Waals surface area contributed by atoms with Crippen LogP contribution in [0.1, 0.15) is 52.3 Å². The Balaban J connectivity index is 1.67. The molecule has 0 radical (unpaired) electrons. The van der Waals surface area contributed by atoms with Gasteiger partial charge in [-0.1, -0.05) is 5.16 Å². The topological polar surface area (TPSA) is 97.9 Å². The van der Waals surface area contributed by atoms with Gasteiger partial charge in [-0.15, -0.1) is 0 Å². The summed E-state index contributed by atoms with van der Waals surface area (Å²) in [6.07, 6.45) is 6.79. The molecule has 1 amide bonds. The van der Waals surface area contributed by atoms with Crippen molar-refractivity contribution >= 4 is 5.91 Å². The van der Waals surface area contributed by atoms with Crippen LogP contribution in [0, 0.1) is 20.8 Å². The first-order chi connectivity index (χ1) is 13.0. The zero-order chi connectivity index (χ0) is 19.0. The molecule has 138 valence electrons. The summed E-state index contributed by atoms with van der Waals surface area (Å²) in [5, 5.41) is 3.99. The molecule has 0 N–H and O–H groups in total. The Hall–Kier alpha value is -3.16. The van der Waals surface area contributed by atoms with E-state index in [9.17, 15) is 4.79 Å². The molecule has 1 fully saturated rings. The van der Waals surface area contributed by atoms with Crippen LogP contribution in [0.4, 0.5) is 0 Å². The lowest BCUT2D eigenvalue weighted by Gasteiger charge is -2.24. The van der Waals surface area contributed by atoms with Crippen molar-refractivity contribution < 1.29 is 9.32 Å². The molecule has 0 aromatic carbocycles. The van der Waals surface area contributed by atoms with E-state index in [0.29, 0.717) is 29.5 Å². The van der Waals surface area contributed by atoms with E-state index in [1.165, 1.54) is 0 Å². The molecule has 8 heteroatoms. The lowest BCUT2D eigenvalue weighted by Crippen LogP contribution is -2.32. The molecule has 1 aliphatic rings. The van der Waals surface area contributed by atoms with Crippen molar-refractivity contribution in [2.45, 2.75) is 39.7 Å². The smallest absolute Gasteiger partial charge is 0.273 e. The highest BCUT2D eigenvalue weighted by Gasteiger charge is 2.33. The highest BCUT2D eigenvalue weighted by molar-refractivity contribution is 5.92. The normalized spacial score (nSPS) is 16.7. The number of amides is 1. The second kappa shape index (κ2) is 6.86. The van der Waals surface area contributed by atoms with Gasteiger partial charge in [-0.3, -0.25) is 9.78 Å². The molecule has 0 saturated carbocycles. The van der Waals surface area contributed by atoms with Crippen molar-refractivity contribution in [1.29, 1.82) is 0 Å². The van der Waals surface area contributed by atoms with Gasteiger partial charge in [0.15, 0.2) is 0 Å². The van der Waals surface area contributed by atoms with Crippen molar-refractivity contribution in [3.63, 3.8) is 0 Å². The van der Waals surface area contributed by atoms with Crippen LogP contribution in [0.2, 0.25) is 0 Å². The van der Waals surface area contributed by atoms with E-state index in [1.807, 2.05) is 18.7 Å². The van der Waals surface area contributed by atoms with Gasteiger partial charge in [-0.2, -0.15) is 0 Å². The first kappa shape index (κ1) is 17.3. The molecule has 0 unspecified atom stereocenters. The number of carbonyl (C=O) groups excluding carboxylic acids is 1. The monoisotopic (exact) mass is 364 g/mol. The lowest BCUT2D eigenvalue weighted by atomic mass is 10.1. The largest absolute Gasteiger partial charge is 0.361 e. The Labute approximate surface area is 156 Å². The van der Waals surface area contributed by atoms with Gasteiger partial charge in [0.1, 0.15) is 17.3 Å². The quantitative estimate of drug-likeness (QED) is 0.705. The van der Waals surface area contributed by atoms with Crippen LogP contribution in [0.5, 0.6) is 0 Å². The average molecular weight is 364 g/mol. The first-order valence-electron chi connectivity index (χ1n) is 8.90. The third-order valence-corrected chi connectivity index (χ3v) is 4.79.